The fraction of sp³-hybridized carbons (Fsp3) is 0.238. The topological polar surface area (TPSA) is 259 Å². The summed E-state index contributed by atoms with van der Waals surface area (Å²) >= 11 is 11.8. The van der Waals surface area contributed by atoms with Crippen LogP contribution in [-0.4, -0.2) is 63.7 Å². The van der Waals surface area contributed by atoms with E-state index >= 15 is 0 Å². The number of aromatic nitrogens is 3. The van der Waals surface area contributed by atoms with Crippen molar-refractivity contribution in [1.82, 2.24) is 20.3 Å². The molecule has 0 fully saturated rings. The zero-order valence-corrected chi connectivity index (χ0v) is 34.6. The second-order valence-corrected chi connectivity index (χ2v) is 13.0. The van der Waals surface area contributed by atoms with Gasteiger partial charge in [0.1, 0.15) is 23.1 Å². The molecule has 20 heteroatoms. The van der Waals surface area contributed by atoms with Gasteiger partial charge < -0.3 is 47.0 Å². The van der Waals surface area contributed by atoms with E-state index in [0.717, 1.165) is 5.56 Å². The summed E-state index contributed by atoms with van der Waals surface area (Å²) in [6.07, 6.45) is 5.85. The van der Waals surface area contributed by atoms with Crippen molar-refractivity contribution in [3.63, 3.8) is 0 Å². The number of ketones is 1. The average molecular weight is 895 g/mol. The predicted octanol–water partition coefficient (Wildman–Crippen LogP) is 8.42. The summed E-state index contributed by atoms with van der Waals surface area (Å²) < 4.78 is 40.5. The van der Waals surface area contributed by atoms with Crippen molar-refractivity contribution in [2.24, 2.45) is 5.73 Å². The zero-order chi connectivity index (χ0) is 44.2. The smallest absolute Gasteiger partial charge is 0.376 e. The van der Waals surface area contributed by atoms with E-state index in [2.05, 4.69) is 20.3 Å². The second-order valence-electron chi connectivity index (χ2n) is 12.3. The van der Waals surface area contributed by atoms with Gasteiger partial charge in [0.2, 0.25) is 33.5 Å². The third kappa shape index (κ3) is 11.8. The molecule has 3 N–H and O–H groups in total. The van der Waals surface area contributed by atoms with Gasteiger partial charge in [0.15, 0.2) is 17.7 Å². The lowest BCUT2D eigenvalue weighted by molar-refractivity contribution is -0.137. The van der Waals surface area contributed by atoms with Crippen LogP contribution >= 0.6 is 23.2 Å². The van der Waals surface area contributed by atoms with Crippen LogP contribution in [0, 0.1) is 20.8 Å². The number of nitrogens with two attached hydrogens (primary N) is 1. The maximum Gasteiger partial charge on any atom is 0.376 e. The largest absolute Gasteiger partial charge is 0.472 e. The van der Waals surface area contributed by atoms with E-state index in [4.69, 9.17) is 64.9 Å². The molecule has 0 saturated heterocycles. The number of hydrogen-bond acceptors (Lipinski definition) is 16. The monoisotopic (exact) mass is 893 g/mol. The molecule has 1 atom stereocenters. The molecule has 2 amide bonds. The number of oxazole rings is 3. The molecule has 0 aliphatic carbocycles. The molecule has 1 aromatic carbocycles. The van der Waals surface area contributed by atoms with Gasteiger partial charge in [-0.15, -0.1) is 0 Å². The number of aryl methyl sites for hydroxylation is 3. The number of nitrogens with zero attached hydrogens (tertiary/aromatic N) is 3. The number of carbonyl (C=O) groups is 5. The van der Waals surface area contributed by atoms with Gasteiger partial charge in [-0.25, -0.2) is 24.5 Å². The summed E-state index contributed by atoms with van der Waals surface area (Å²) in [6, 6.07) is 12.6. The Kier molecular flexibility index (Phi) is 16.8. The number of benzene rings is 1. The van der Waals surface area contributed by atoms with Crippen LogP contribution < -0.4 is 11.1 Å². The molecule has 18 nitrogen and oxygen atoms in total. The van der Waals surface area contributed by atoms with Crippen molar-refractivity contribution in [2.45, 2.75) is 54.5 Å². The van der Waals surface area contributed by atoms with Crippen LogP contribution in [0.3, 0.4) is 0 Å². The molecule has 0 bridgehead atoms. The molecule has 7 aromatic rings. The van der Waals surface area contributed by atoms with Crippen LogP contribution in [0.5, 0.6) is 0 Å². The van der Waals surface area contributed by atoms with E-state index in [1.807, 2.05) is 6.07 Å². The minimum atomic E-state index is -1.16. The van der Waals surface area contributed by atoms with Gasteiger partial charge in [0, 0.05) is 32.8 Å². The van der Waals surface area contributed by atoms with Crippen LogP contribution in [0.1, 0.15) is 76.2 Å². The van der Waals surface area contributed by atoms with E-state index in [1.54, 1.807) is 71.0 Å². The van der Waals surface area contributed by atoms with Gasteiger partial charge in [-0.2, -0.15) is 0 Å². The van der Waals surface area contributed by atoms with Crippen molar-refractivity contribution < 1.29 is 59.9 Å². The fourth-order valence-corrected chi connectivity index (χ4v) is 5.85. The highest BCUT2D eigenvalue weighted by Gasteiger charge is 2.30. The third-order valence-corrected chi connectivity index (χ3v) is 8.60. The van der Waals surface area contributed by atoms with Gasteiger partial charge in [0.05, 0.1) is 49.4 Å². The molecule has 0 saturated carbocycles. The van der Waals surface area contributed by atoms with Crippen molar-refractivity contribution >= 4 is 52.7 Å². The molecular weight excluding hydrogens is 853 g/mol. The zero-order valence-electron chi connectivity index (χ0n) is 33.1. The van der Waals surface area contributed by atoms with Crippen LogP contribution in [0.4, 0.5) is 0 Å². The molecule has 7 rings (SSSR count). The number of hydrogen-bond donors (Lipinski definition) is 2. The maximum atomic E-state index is 12.8. The molecule has 0 radical (unpaired) electrons. The number of carbonyl (C=O) groups excluding carboxylic acids is 5. The third-order valence-electron chi connectivity index (χ3n) is 8.02. The van der Waals surface area contributed by atoms with E-state index in [0.29, 0.717) is 46.5 Å². The Balaban J connectivity index is 0.000000215. The Morgan fingerprint density at radius 1 is 0.694 bits per heavy atom. The minimum Gasteiger partial charge on any atom is -0.472 e. The summed E-state index contributed by atoms with van der Waals surface area (Å²) in [5, 5.41) is 2.70. The summed E-state index contributed by atoms with van der Waals surface area (Å²) in [6.45, 7) is 8.88. The molecule has 326 valence electrons. The fourth-order valence-electron chi connectivity index (χ4n) is 5.45. The van der Waals surface area contributed by atoms with Crippen molar-refractivity contribution in [3.8, 4) is 33.8 Å². The average Bonchev–Trinajstić information content (AvgIpc) is 4.09. The highest BCUT2D eigenvalue weighted by atomic mass is 35.5. The second kappa shape index (κ2) is 21.9. The lowest BCUT2D eigenvalue weighted by Gasteiger charge is -2.15. The normalized spacial score (nSPS) is 10.9. The number of Topliss-reactive ketones (excluding diaryl/α,β-unsaturated/α-hetero) is 1. The van der Waals surface area contributed by atoms with Crippen LogP contribution in [0.15, 0.2) is 100 Å². The van der Waals surface area contributed by atoms with E-state index < -0.39 is 35.6 Å². The number of rotatable bonds is 13. The molecular formula is C42H41Cl2N5O13. The van der Waals surface area contributed by atoms with E-state index in [1.165, 1.54) is 31.1 Å². The molecule has 0 spiro atoms. The predicted molar refractivity (Wildman–Crippen MR) is 221 cm³/mol. The lowest BCUT2D eigenvalue weighted by atomic mass is 10.0. The summed E-state index contributed by atoms with van der Waals surface area (Å²) in [5.74, 6) is -2.89. The number of nitrogens with one attached hydrogen (secondary N) is 1. The Morgan fingerprint density at radius 3 is 1.63 bits per heavy atom. The number of amides is 2. The standard InChI is InChI=1S/C19H16ClN3O5.C11H10ClNO4.C11H11NO4.CH4/c1-10-22-14(12-7-8-27-17(12)20)16(28-10)19(26)23-13(15(24)18(21)25)9-11-5-3-2-4-6-11;1-3-15-11(14)9-8(13-6(2)17-9)7-4-5-16-10(7)12;1-3-15-11(13)10-9(12-7(2)16-10)8-4-5-14-6-8;/h2-8,13H,9H2,1H3,(H2,21,25)(H,23,26);4-5H,3H2,1-2H3;4-6H,3H2,1-2H3;1H4. The summed E-state index contributed by atoms with van der Waals surface area (Å²) in [5.41, 5.74) is 8.39. The highest BCUT2D eigenvalue weighted by molar-refractivity contribution is 6.38. The maximum absolute atomic E-state index is 12.8. The number of ether oxygens (including phenoxy) is 2. The molecule has 6 aromatic heterocycles. The molecule has 0 aliphatic heterocycles. The number of furan rings is 3. The number of primary amides is 1. The first kappa shape index (κ1) is 47.5. The quantitative estimate of drug-likeness (QED) is 0.0813. The minimum absolute atomic E-state index is 0. The Hall–Kier alpha value is -7.18. The van der Waals surface area contributed by atoms with Gasteiger partial charge >= 0.3 is 11.9 Å². The summed E-state index contributed by atoms with van der Waals surface area (Å²) in [7, 11) is 0. The van der Waals surface area contributed by atoms with E-state index in [-0.39, 0.29) is 59.8 Å². The first-order valence-electron chi connectivity index (χ1n) is 18.2. The van der Waals surface area contributed by atoms with Gasteiger partial charge in [-0.3, -0.25) is 14.4 Å². The SMILES string of the molecule is C.CCOC(=O)c1oc(C)nc1-c1ccoc1.CCOC(=O)c1oc(C)nc1-c1ccoc1Cl.Cc1nc(-c2ccoc2Cl)c(C(=O)NC(Cc2ccccc2)C(=O)C(N)=O)o1. The van der Waals surface area contributed by atoms with Crippen LogP contribution in [-0.2, 0) is 25.5 Å². The van der Waals surface area contributed by atoms with Gasteiger partial charge in [0.25, 0.3) is 11.8 Å². The van der Waals surface area contributed by atoms with Gasteiger partial charge in [-0.05, 0) is 60.8 Å². The Labute approximate surface area is 363 Å². The van der Waals surface area contributed by atoms with E-state index in [9.17, 15) is 24.0 Å². The van der Waals surface area contributed by atoms with Crippen molar-refractivity contribution in [3.05, 3.63) is 125 Å². The Morgan fingerprint density at radius 2 is 1.18 bits per heavy atom. The molecule has 1 unspecified atom stereocenters. The molecule has 62 heavy (non-hydrogen) atoms. The van der Waals surface area contributed by atoms with Crippen LogP contribution in [0.25, 0.3) is 33.8 Å². The first-order valence-corrected chi connectivity index (χ1v) is 18.9. The molecule has 0 aliphatic rings. The van der Waals surface area contributed by atoms with Crippen molar-refractivity contribution in [2.75, 3.05) is 13.2 Å². The highest BCUT2D eigenvalue weighted by Crippen LogP contribution is 2.33. The lowest BCUT2D eigenvalue weighted by Crippen LogP contribution is -2.47. The van der Waals surface area contributed by atoms with Crippen molar-refractivity contribution in [1.29, 1.82) is 0 Å². The van der Waals surface area contributed by atoms with Crippen LogP contribution in [0.2, 0.25) is 10.4 Å². The number of esters is 2. The molecule has 6 heterocycles. The first-order chi connectivity index (χ1) is 29.2. The summed E-state index contributed by atoms with van der Waals surface area (Å²) in [4.78, 5) is 72.0. The van der Waals surface area contributed by atoms with Gasteiger partial charge in [-0.1, -0.05) is 37.8 Å². The number of halogens is 2. The Bertz CT molecular complexity index is 2600.